The minimum absolute atomic E-state index is 0. The molecule has 1 aliphatic rings. The number of pyridine rings is 1. The second kappa shape index (κ2) is 8.53. The minimum Gasteiger partial charge on any atom is -0.368 e. The molecule has 0 amide bonds. The van der Waals surface area contributed by atoms with Gasteiger partial charge in [0, 0.05) is 43.4 Å². The molecule has 2 aromatic carbocycles. The second-order valence-corrected chi connectivity index (χ2v) is 10.5. The molecule has 1 aromatic heterocycles. The number of sulfone groups is 1. The first-order chi connectivity index (χ1) is 13.8. The van der Waals surface area contributed by atoms with Crippen molar-refractivity contribution >= 4 is 38.8 Å². The first kappa shape index (κ1) is 22.5. The molecule has 4 rings (SSSR count). The maximum atomic E-state index is 13.3. The summed E-state index contributed by atoms with van der Waals surface area (Å²) in [6.45, 7) is 9.97. The van der Waals surface area contributed by atoms with E-state index in [1.807, 2.05) is 18.2 Å². The average molecular weight is 446 g/mol. The lowest BCUT2D eigenvalue weighted by atomic mass is 9.87. The lowest BCUT2D eigenvalue weighted by Crippen LogP contribution is -2.43. The first-order valence-electron chi connectivity index (χ1n) is 9.97. The van der Waals surface area contributed by atoms with Crippen LogP contribution in [0.25, 0.3) is 10.9 Å². The van der Waals surface area contributed by atoms with Crippen LogP contribution in [0.2, 0.25) is 0 Å². The Balaban J connectivity index is 0.00000256. The van der Waals surface area contributed by atoms with Gasteiger partial charge < -0.3 is 10.2 Å². The van der Waals surface area contributed by atoms with E-state index in [2.05, 4.69) is 36.0 Å². The van der Waals surface area contributed by atoms with Crippen LogP contribution >= 0.6 is 12.4 Å². The highest BCUT2D eigenvalue weighted by Crippen LogP contribution is 2.31. The number of piperazine rings is 1. The average Bonchev–Trinajstić information content (AvgIpc) is 2.73. The van der Waals surface area contributed by atoms with E-state index in [4.69, 9.17) is 0 Å². The number of anilines is 1. The summed E-state index contributed by atoms with van der Waals surface area (Å²) in [4.78, 5) is 7.34. The molecule has 0 saturated carbocycles. The van der Waals surface area contributed by atoms with Crippen LogP contribution in [0, 0.1) is 0 Å². The topological polar surface area (TPSA) is 62.3 Å². The van der Waals surface area contributed by atoms with Crippen molar-refractivity contribution in [2.75, 3.05) is 31.1 Å². The molecular formula is C23H28ClN3O2S. The predicted octanol–water partition coefficient (Wildman–Crippen LogP) is 4.20. The highest BCUT2D eigenvalue weighted by Gasteiger charge is 2.21. The summed E-state index contributed by atoms with van der Waals surface area (Å²) in [6.07, 6.45) is 1.79. The van der Waals surface area contributed by atoms with Crippen LogP contribution in [-0.2, 0) is 15.3 Å². The Kier molecular flexibility index (Phi) is 6.41. The van der Waals surface area contributed by atoms with Gasteiger partial charge in [-0.25, -0.2) is 8.42 Å². The van der Waals surface area contributed by atoms with E-state index in [9.17, 15) is 8.42 Å². The largest absolute Gasteiger partial charge is 0.368 e. The minimum atomic E-state index is -3.60. The van der Waals surface area contributed by atoms with Crippen molar-refractivity contribution in [1.29, 1.82) is 0 Å². The first-order valence-corrected chi connectivity index (χ1v) is 11.5. The molecule has 30 heavy (non-hydrogen) atoms. The van der Waals surface area contributed by atoms with Crippen LogP contribution in [0.15, 0.2) is 64.5 Å². The number of aromatic nitrogens is 1. The zero-order valence-electron chi connectivity index (χ0n) is 17.6. The number of hydrogen-bond acceptors (Lipinski definition) is 5. The van der Waals surface area contributed by atoms with E-state index in [-0.39, 0.29) is 17.8 Å². The Morgan fingerprint density at radius 3 is 2.20 bits per heavy atom. The molecule has 160 valence electrons. The van der Waals surface area contributed by atoms with Crippen LogP contribution in [0.4, 0.5) is 5.69 Å². The number of hydrogen-bond donors (Lipinski definition) is 1. The zero-order valence-corrected chi connectivity index (χ0v) is 19.2. The molecule has 0 radical (unpaired) electrons. The number of benzene rings is 2. The number of nitrogens with zero attached hydrogens (tertiary/aromatic N) is 2. The summed E-state index contributed by atoms with van der Waals surface area (Å²) in [5, 5.41) is 4.23. The summed E-state index contributed by atoms with van der Waals surface area (Å²) < 4.78 is 26.6. The van der Waals surface area contributed by atoms with E-state index in [0.717, 1.165) is 48.3 Å². The third-order valence-electron chi connectivity index (χ3n) is 5.49. The Hall–Kier alpha value is -2.15. The van der Waals surface area contributed by atoms with Crippen molar-refractivity contribution in [2.45, 2.75) is 36.0 Å². The fourth-order valence-electron chi connectivity index (χ4n) is 3.73. The number of halogens is 1. The molecule has 0 aliphatic carbocycles. The van der Waals surface area contributed by atoms with Gasteiger partial charge >= 0.3 is 0 Å². The van der Waals surface area contributed by atoms with Gasteiger partial charge in [0.25, 0.3) is 0 Å². The summed E-state index contributed by atoms with van der Waals surface area (Å²) in [6, 6.07) is 14.4. The van der Waals surface area contributed by atoms with Crippen LogP contribution in [0.3, 0.4) is 0 Å². The van der Waals surface area contributed by atoms with E-state index in [0.29, 0.717) is 9.79 Å². The quantitative estimate of drug-likeness (QED) is 0.654. The van der Waals surface area contributed by atoms with Gasteiger partial charge in [-0.05, 0) is 47.4 Å². The molecular weight excluding hydrogens is 418 g/mol. The number of rotatable bonds is 3. The number of nitrogens with one attached hydrogen (secondary N) is 1. The maximum absolute atomic E-state index is 13.3. The van der Waals surface area contributed by atoms with Crippen LogP contribution < -0.4 is 10.2 Å². The van der Waals surface area contributed by atoms with E-state index >= 15 is 0 Å². The normalized spacial score (nSPS) is 15.1. The second-order valence-electron chi connectivity index (χ2n) is 8.52. The summed E-state index contributed by atoms with van der Waals surface area (Å²) in [5.74, 6) is 0. The lowest BCUT2D eigenvalue weighted by Gasteiger charge is -2.30. The number of fused-ring (bicyclic) bond motifs is 1. The zero-order chi connectivity index (χ0) is 20.6. The van der Waals surface area contributed by atoms with Crippen molar-refractivity contribution in [3.05, 3.63) is 60.3 Å². The van der Waals surface area contributed by atoms with Gasteiger partial charge in [0.2, 0.25) is 9.84 Å². The van der Waals surface area contributed by atoms with E-state index in [1.54, 1.807) is 36.5 Å². The van der Waals surface area contributed by atoms with Crippen molar-refractivity contribution in [3.8, 4) is 0 Å². The molecule has 5 nitrogen and oxygen atoms in total. The van der Waals surface area contributed by atoms with Gasteiger partial charge in [-0.2, -0.15) is 0 Å². The van der Waals surface area contributed by atoms with Crippen molar-refractivity contribution < 1.29 is 8.42 Å². The van der Waals surface area contributed by atoms with Gasteiger partial charge in [0.15, 0.2) is 0 Å². The van der Waals surface area contributed by atoms with Crippen LogP contribution in [0.1, 0.15) is 26.3 Å². The molecule has 7 heteroatoms. The third kappa shape index (κ3) is 4.31. The summed E-state index contributed by atoms with van der Waals surface area (Å²) >= 11 is 0. The molecule has 1 saturated heterocycles. The lowest BCUT2D eigenvalue weighted by molar-refractivity contribution is 0.586. The van der Waals surface area contributed by atoms with Gasteiger partial charge in [-0.15, -0.1) is 12.4 Å². The predicted molar refractivity (Wildman–Crippen MR) is 125 cm³/mol. The molecule has 1 aliphatic heterocycles. The van der Waals surface area contributed by atoms with E-state index < -0.39 is 9.84 Å². The monoisotopic (exact) mass is 445 g/mol. The van der Waals surface area contributed by atoms with E-state index in [1.165, 1.54) is 0 Å². The summed E-state index contributed by atoms with van der Waals surface area (Å²) in [7, 11) is -3.60. The molecule has 0 atom stereocenters. The molecule has 2 heterocycles. The van der Waals surface area contributed by atoms with Gasteiger partial charge in [0.05, 0.1) is 15.3 Å². The SMILES string of the molecule is CC(C)(C)c1ccc(S(=O)(=O)c2ccc3nccc(N4CCNCC4)c3c2)cc1.Cl. The van der Waals surface area contributed by atoms with Crippen LogP contribution in [-0.4, -0.2) is 39.6 Å². The Morgan fingerprint density at radius 2 is 1.57 bits per heavy atom. The molecule has 0 bridgehead atoms. The molecule has 0 spiro atoms. The Bertz CT molecular complexity index is 1130. The molecule has 1 N–H and O–H groups in total. The Morgan fingerprint density at radius 1 is 0.933 bits per heavy atom. The fourth-order valence-corrected chi connectivity index (χ4v) is 5.02. The van der Waals surface area contributed by atoms with Gasteiger partial charge in [0.1, 0.15) is 0 Å². The highest BCUT2D eigenvalue weighted by atomic mass is 35.5. The van der Waals surface area contributed by atoms with Crippen molar-refractivity contribution in [3.63, 3.8) is 0 Å². The van der Waals surface area contributed by atoms with Crippen LogP contribution in [0.5, 0.6) is 0 Å². The smallest absolute Gasteiger partial charge is 0.206 e. The Labute approximate surface area is 184 Å². The van der Waals surface area contributed by atoms with Crippen molar-refractivity contribution in [2.24, 2.45) is 0 Å². The molecule has 3 aromatic rings. The standard InChI is InChI=1S/C23H27N3O2S.ClH/c1-23(2,3)17-4-6-18(7-5-17)29(27,28)19-8-9-21-20(16-19)22(10-11-25-21)26-14-12-24-13-15-26;/h4-11,16,24H,12-15H2,1-3H3;1H. The molecule has 1 fully saturated rings. The maximum Gasteiger partial charge on any atom is 0.206 e. The molecule has 0 unspecified atom stereocenters. The summed E-state index contributed by atoms with van der Waals surface area (Å²) in [5.41, 5.74) is 2.94. The highest BCUT2D eigenvalue weighted by molar-refractivity contribution is 7.91. The van der Waals surface area contributed by atoms with Gasteiger partial charge in [-0.1, -0.05) is 32.9 Å². The third-order valence-corrected chi connectivity index (χ3v) is 7.26. The van der Waals surface area contributed by atoms with Gasteiger partial charge in [-0.3, -0.25) is 4.98 Å². The van der Waals surface area contributed by atoms with Crippen molar-refractivity contribution in [1.82, 2.24) is 10.3 Å². The fraction of sp³-hybridized carbons (Fsp3) is 0.348.